The van der Waals surface area contributed by atoms with Crippen molar-refractivity contribution in [2.24, 2.45) is 0 Å². The molecule has 1 aliphatic heterocycles. The fourth-order valence-electron chi connectivity index (χ4n) is 2.43. The average Bonchev–Trinajstić information content (AvgIpc) is 3.11. The van der Waals surface area contributed by atoms with Gasteiger partial charge in [-0.2, -0.15) is 0 Å². The molecule has 18 heavy (non-hydrogen) atoms. The second-order valence-electron chi connectivity index (χ2n) is 4.61. The van der Waals surface area contributed by atoms with Crippen molar-refractivity contribution in [3.05, 3.63) is 23.5 Å². The monoisotopic (exact) mass is 374 g/mol. The van der Waals surface area contributed by atoms with Crippen LogP contribution in [0, 0.1) is 17.0 Å². The van der Waals surface area contributed by atoms with Crippen LogP contribution in [0.25, 0.3) is 0 Å². The van der Waals surface area contributed by atoms with Crippen molar-refractivity contribution in [2.75, 3.05) is 10.2 Å². The minimum Gasteiger partial charge on any atom is -0.364 e. The molecule has 1 N–H and O–H groups in total. The molecule has 94 valence electrons. The molecule has 1 atom stereocenters. The normalized spacial score (nSPS) is 21.1. The van der Waals surface area contributed by atoms with Crippen LogP contribution in [0.3, 0.4) is 0 Å². The van der Waals surface area contributed by atoms with Crippen molar-refractivity contribution in [3.8, 4) is 11.2 Å². The Kier molecular flexibility index (Phi) is 3.32. The second-order valence-corrected chi connectivity index (χ2v) is 6.29. The molecule has 1 unspecified atom stereocenters. The highest BCUT2D eigenvalue weighted by Crippen LogP contribution is 2.43. The Morgan fingerprint density at radius 1 is 1.50 bits per heavy atom. The summed E-state index contributed by atoms with van der Waals surface area (Å²) in [6.07, 6.45) is 2.66. The molecule has 1 aromatic carbocycles. The van der Waals surface area contributed by atoms with Crippen molar-refractivity contribution >= 4 is 41.5 Å². The van der Waals surface area contributed by atoms with Crippen LogP contribution in [0.4, 0.5) is 15.8 Å². The molecule has 0 bridgehead atoms. The van der Waals surface area contributed by atoms with Crippen LogP contribution in [0.1, 0.15) is 25.3 Å². The Morgan fingerprint density at radius 3 is 2.94 bits per heavy atom. The van der Waals surface area contributed by atoms with Gasteiger partial charge in [0.25, 0.3) is 0 Å². The minimum atomic E-state index is -0.228. The molecule has 2 nitrogen and oxygen atoms in total. The van der Waals surface area contributed by atoms with Gasteiger partial charge in [0.15, 0.2) is 0 Å². The molecule has 1 heterocycles. The molecule has 1 aliphatic carbocycles. The van der Waals surface area contributed by atoms with Crippen molar-refractivity contribution in [2.45, 2.75) is 32.0 Å². The number of anilines is 2. The van der Waals surface area contributed by atoms with Gasteiger partial charge < -0.3 is 10.2 Å². The van der Waals surface area contributed by atoms with E-state index in [2.05, 4.69) is 49.5 Å². The molecular formula is C13H12FIN2S. The lowest BCUT2D eigenvalue weighted by atomic mass is 10.1. The molecule has 0 saturated heterocycles. The fraction of sp³-hybridized carbons (Fsp3) is 0.385. The Balaban J connectivity index is 2.00. The first kappa shape index (κ1) is 12.4. The van der Waals surface area contributed by atoms with E-state index in [0.717, 1.165) is 11.4 Å². The Morgan fingerprint density at radius 2 is 2.28 bits per heavy atom. The molecule has 3 rings (SSSR count). The highest BCUT2D eigenvalue weighted by atomic mass is 127. The summed E-state index contributed by atoms with van der Waals surface area (Å²) < 4.78 is 14.0. The highest BCUT2D eigenvalue weighted by molar-refractivity contribution is 14.2. The van der Waals surface area contributed by atoms with Gasteiger partial charge in [0.05, 0.1) is 23.1 Å². The van der Waals surface area contributed by atoms with Crippen LogP contribution in [-0.2, 0) is 0 Å². The van der Waals surface area contributed by atoms with Crippen LogP contribution < -0.4 is 10.2 Å². The molecular weight excluding hydrogens is 362 g/mol. The van der Waals surface area contributed by atoms with Gasteiger partial charge >= 0.3 is 0 Å². The first-order valence-corrected chi connectivity index (χ1v) is 9.23. The molecule has 1 fully saturated rings. The highest BCUT2D eigenvalue weighted by Gasteiger charge is 2.37. The molecule has 0 radical (unpaired) electrons. The number of nitrogens with one attached hydrogen (secondary N) is 1. The number of nitrogens with zero attached hydrogens (tertiary/aromatic N) is 1. The number of benzene rings is 1. The third-order valence-electron chi connectivity index (χ3n) is 3.31. The largest absolute Gasteiger partial charge is 0.364 e. The van der Waals surface area contributed by atoms with Crippen LogP contribution in [0.15, 0.2) is 12.1 Å². The van der Waals surface area contributed by atoms with Crippen molar-refractivity contribution in [1.29, 1.82) is 0 Å². The third kappa shape index (κ3) is 2.16. The summed E-state index contributed by atoms with van der Waals surface area (Å²) in [4.78, 5) is 2.28. The fourth-order valence-corrected chi connectivity index (χ4v) is 2.91. The second kappa shape index (κ2) is 4.82. The van der Waals surface area contributed by atoms with Crippen LogP contribution >= 0.6 is 30.1 Å². The van der Waals surface area contributed by atoms with E-state index in [1.807, 2.05) is 6.07 Å². The zero-order valence-electron chi connectivity index (χ0n) is 9.84. The lowest BCUT2D eigenvalue weighted by Crippen LogP contribution is -2.34. The maximum atomic E-state index is 14.0. The Hall–Kier alpha value is -0.610. The maximum absolute atomic E-state index is 14.0. The molecule has 0 amide bonds. The van der Waals surface area contributed by atoms with Crippen molar-refractivity contribution in [1.82, 2.24) is 0 Å². The number of fused-ring (bicyclic) bond motifs is 1. The molecule has 5 heteroatoms. The predicted octanol–water partition coefficient (Wildman–Crippen LogP) is 3.96. The van der Waals surface area contributed by atoms with Gasteiger partial charge in [-0.1, -0.05) is 5.92 Å². The maximum Gasteiger partial charge on any atom is 0.141 e. The van der Waals surface area contributed by atoms with E-state index >= 15 is 0 Å². The summed E-state index contributed by atoms with van der Waals surface area (Å²) in [5.41, 5.74) is 2.45. The average molecular weight is 374 g/mol. The van der Waals surface area contributed by atoms with Crippen molar-refractivity contribution < 1.29 is 4.39 Å². The summed E-state index contributed by atoms with van der Waals surface area (Å²) in [6.45, 7) is 2.11. The van der Waals surface area contributed by atoms with Gasteiger partial charge in [-0.05, 0) is 40.0 Å². The van der Waals surface area contributed by atoms with Crippen LogP contribution in [-0.4, -0.2) is 12.2 Å². The van der Waals surface area contributed by atoms with Crippen molar-refractivity contribution in [3.63, 3.8) is 0 Å². The zero-order chi connectivity index (χ0) is 12.7. The summed E-state index contributed by atoms with van der Waals surface area (Å²) in [5.74, 6) is 2.61. The van der Waals surface area contributed by atoms with Gasteiger partial charge in [-0.3, -0.25) is 0 Å². The Labute approximate surface area is 122 Å². The van der Waals surface area contributed by atoms with E-state index in [9.17, 15) is 4.39 Å². The van der Waals surface area contributed by atoms with Gasteiger partial charge in [-0.15, -0.1) is 0 Å². The van der Waals surface area contributed by atoms with E-state index < -0.39 is 0 Å². The number of rotatable bonds is 1. The Bertz CT molecular complexity index is 548. The van der Waals surface area contributed by atoms with E-state index in [1.54, 1.807) is 6.07 Å². The molecule has 1 aromatic rings. The topological polar surface area (TPSA) is 15.3 Å². The van der Waals surface area contributed by atoms with Gasteiger partial charge in [0, 0.05) is 33.3 Å². The first-order valence-electron chi connectivity index (χ1n) is 5.87. The number of hydrogen-bond acceptors (Lipinski definition) is 3. The summed E-state index contributed by atoms with van der Waals surface area (Å²) in [5, 5.41) is 6.22. The molecule has 1 saturated carbocycles. The number of halogens is 2. The van der Waals surface area contributed by atoms with Gasteiger partial charge in [0.2, 0.25) is 0 Å². The van der Waals surface area contributed by atoms with E-state index in [-0.39, 0.29) is 12.0 Å². The lowest BCUT2D eigenvalue weighted by Gasteiger charge is -2.23. The lowest BCUT2D eigenvalue weighted by molar-refractivity contribution is 0.623. The van der Waals surface area contributed by atoms with E-state index in [4.69, 9.17) is 0 Å². The standard InChI is InChI=1S/C13H12FIN2S/c1-8-16-12-6-9(4-5-18-15)11(14)7-13(12)17(8)10-2-3-10/h6-8,10,16H,2-3H2,1H3. The predicted molar refractivity (Wildman–Crippen MR) is 83.5 cm³/mol. The van der Waals surface area contributed by atoms with Crippen LogP contribution in [0.5, 0.6) is 0 Å². The van der Waals surface area contributed by atoms with Crippen LogP contribution in [0.2, 0.25) is 0 Å². The van der Waals surface area contributed by atoms with E-state index in [1.165, 1.54) is 21.8 Å². The smallest absolute Gasteiger partial charge is 0.141 e. The quantitative estimate of drug-likeness (QED) is 0.592. The first-order chi connectivity index (χ1) is 8.70. The van der Waals surface area contributed by atoms with Gasteiger partial charge in [-0.25, -0.2) is 4.39 Å². The third-order valence-corrected chi connectivity index (χ3v) is 4.15. The van der Waals surface area contributed by atoms with Gasteiger partial charge in [0.1, 0.15) is 5.82 Å². The molecule has 2 aliphatic rings. The summed E-state index contributed by atoms with van der Waals surface area (Å²) >= 11 is 2.08. The number of hydrogen-bond donors (Lipinski definition) is 1. The molecule has 0 spiro atoms. The van der Waals surface area contributed by atoms with E-state index in [0.29, 0.717) is 11.6 Å². The molecule has 0 aromatic heterocycles. The zero-order valence-corrected chi connectivity index (χ0v) is 12.8. The minimum absolute atomic E-state index is 0.228. The SMILES string of the molecule is CC1Nc2cc(C#CSI)c(F)cc2N1C1CC1. The summed E-state index contributed by atoms with van der Waals surface area (Å²) in [7, 11) is 1.37. The summed E-state index contributed by atoms with van der Waals surface area (Å²) in [6, 6.07) is 4.02.